The number of hydrogen-bond acceptors (Lipinski definition) is 7. The van der Waals surface area contributed by atoms with E-state index >= 15 is 0 Å². The van der Waals surface area contributed by atoms with Crippen molar-refractivity contribution in [2.75, 3.05) is 13.1 Å². The average Bonchev–Trinajstić information content (AvgIpc) is 3.19. The quantitative estimate of drug-likeness (QED) is 0.170. The molecule has 10 N–H and O–H groups in total. The summed E-state index contributed by atoms with van der Waals surface area (Å²) in [6.07, 6.45) is 6.49. The van der Waals surface area contributed by atoms with Crippen molar-refractivity contribution in [3.8, 4) is 0 Å². The van der Waals surface area contributed by atoms with E-state index in [-0.39, 0.29) is 12.8 Å². The molecule has 0 saturated carbocycles. The molecule has 1 aromatic rings. The molecule has 11 nitrogen and oxygen atoms in total. The van der Waals surface area contributed by atoms with Gasteiger partial charge < -0.3 is 37.9 Å². The Morgan fingerprint density at radius 2 is 1.62 bits per heavy atom. The van der Waals surface area contributed by atoms with Crippen LogP contribution in [0.5, 0.6) is 0 Å². The van der Waals surface area contributed by atoms with E-state index in [9.17, 15) is 19.5 Å². The summed E-state index contributed by atoms with van der Waals surface area (Å²) >= 11 is 0. The summed E-state index contributed by atoms with van der Waals surface area (Å²) in [6, 6.07) is -2.83. The van der Waals surface area contributed by atoms with Gasteiger partial charge in [0.25, 0.3) is 0 Å². The molecule has 0 saturated heterocycles. The van der Waals surface area contributed by atoms with Gasteiger partial charge in [-0.15, -0.1) is 0 Å². The van der Waals surface area contributed by atoms with Crippen molar-refractivity contribution in [1.82, 2.24) is 20.6 Å². The molecule has 0 fully saturated rings. The molecule has 11 heteroatoms. The normalized spacial score (nSPS) is 14.0. The Hall–Kier alpha value is -2.50. The van der Waals surface area contributed by atoms with Crippen molar-refractivity contribution < 1.29 is 19.5 Å². The molecule has 0 aromatic carbocycles. The first-order chi connectivity index (χ1) is 13.9. The topological polar surface area (TPSA) is 202 Å². The number of unbranched alkanes of at least 4 members (excludes halogenated alkanes) is 2. The highest BCUT2D eigenvalue weighted by Gasteiger charge is 2.28. The molecule has 0 unspecified atom stereocenters. The summed E-state index contributed by atoms with van der Waals surface area (Å²) in [5, 5.41) is 14.5. The van der Waals surface area contributed by atoms with Crippen molar-refractivity contribution in [3.05, 3.63) is 18.2 Å². The number of nitrogens with two attached hydrogens (primary N) is 3. The number of H-pyrrole nitrogens is 1. The van der Waals surface area contributed by atoms with Gasteiger partial charge in [-0.1, -0.05) is 6.42 Å². The first-order valence-electron chi connectivity index (χ1n) is 9.85. The molecule has 1 heterocycles. The van der Waals surface area contributed by atoms with Crippen LogP contribution in [0.3, 0.4) is 0 Å². The molecule has 0 spiro atoms. The number of aromatic nitrogens is 2. The van der Waals surface area contributed by atoms with Gasteiger partial charge in [0.05, 0.1) is 12.4 Å². The Morgan fingerprint density at radius 3 is 2.17 bits per heavy atom. The highest BCUT2D eigenvalue weighted by Crippen LogP contribution is 2.05. The maximum absolute atomic E-state index is 12.7. The van der Waals surface area contributed by atoms with Crippen LogP contribution in [0.15, 0.2) is 12.5 Å². The largest absolute Gasteiger partial charge is 0.480 e. The molecule has 164 valence electrons. The van der Waals surface area contributed by atoms with Crippen LogP contribution in [0, 0.1) is 0 Å². The predicted molar refractivity (Wildman–Crippen MR) is 108 cm³/mol. The van der Waals surface area contributed by atoms with Crippen molar-refractivity contribution >= 4 is 17.8 Å². The number of carboxylic acids is 1. The zero-order valence-electron chi connectivity index (χ0n) is 16.6. The number of amides is 2. The second kappa shape index (κ2) is 13.6. The average molecular weight is 412 g/mol. The Labute approximate surface area is 170 Å². The number of hydrogen-bond donors (Lipinski definition) is 7. The molecule has 2 amide bonds. The maximum Gasteiger partial charge on any atom is 0.326 e. The number of nitrogens with zero attached hydrogens (tertiary/aromatic N) is 1. The minimum Gasteiger partial charge on any atom is -0.480 e. The lowest BCUT2D eigenvalue weighted by Crippen LogP contribution is -2.55. The third kappa shape index (κ3) is 9.50. The number of carbonyl (C=O) groups excluding carboxylic acids is 2. The molecule has 3 atom stereocenters. The van der Waals surface area contributed by atoms with Gasteiger partial charge in [0.2, 0.25) is 11.8 Å². The Morgan fingerprint density at radius 1 is 1.00 bits per heavy atom. The van der Waals surface area contributed by atoms with E-state index in [1.165, 1.54) is 12.5 Å². The number of nitrogens with one attached hydrogen (secondary N) is 3. The third-order valence-corrected chi connectivity index (χ3v) is 4.48. The SMILES string of the molecule is NCCCC[C@H](NC(=O)[C@H](Cc1cnc[nH]1)NC(=O)[C@@H](N)CCCCN)C(=O)O. The Bertz CT molecular complexity index is 624. The summed E-state index contributed by atoms with van der Waals surface area (Å²) in [5.41, 5.74) is 17.4. The van der Waals surface area contributed by atoms with Gasteiger partial charge in [0.1, 0.15) is 12.1 Å². The smallest absolute Gasteiger partial charge is 0.326 e. The lowest BCUT2D eigenvalue weighted by molar-refractivity contribution is -0.142. The predicted octanol–water partition coefficient (Wildman–Crippen LogP) is -1.41. The van der Waals surface area contributed by atoms with Crippen LogP contribution in [-0.2, 0) is 20.8 Å². The van der Waals surface area contributed by atoms with E-state index in [1.807, 2.05) is 0 Å². The molecule has 0 radical (unpaired) electrons. The van der Waals surface area contributed by atoms with E-state index in [2.05, 4.69) is 20.6 Å². The van der Waals surface area contributed by atoms with Crippen LogP contribution in [0.25, 0.3) is 0 Å². The fourth-order valence-corrected chi connectivity index (χ4v) is 2.77. The van der Waals surface area contributed by atoms with Crippen molar-refractivity contribution in [2.24, 2.45) is 17.2 Å². The molecular weight excluding hydrogens is 378 g/mol. The molecule has 29 heavy (non-hydrogen) atoms. The van der Waals surface area contributed by atoms with E-state index in [0.29, 0.717) is 44.5 Å². The molecule has 0 aliphatic heterocycles. The first-order valence-corrected chi connectivity index (χ1v) is 9.85. The molecular formula is C18H33N7O4. The van der Waals surface area contributed by atoms with Gasteiger partial charge in [-0.05, 0) is 45.2 Å². The lowest BCUT2D eigenvalue weighted by Gasteiger charge is -2.22. The van der Waals surface area contributed by atoms with Crippen LogP contribution in [0.2, 0.25) is 0 Å². The second-order valence-corrected chi connectivity index (χ2v) is 6.92. The lowest BCUT2D eigenvalue weighted by atomic mass is 10.1. The number of carboxylic acid groups (broad SMARTS) is 1. The number of aromatic amines is 1. The van der Waals surface area contributed by atoms with Crippen molar-refractivity contribution in [3.63, 3.8) is 0 Å². The fraction of sp³-hybridized carbons (Fsp3) is 0.667. The van der Waals surface area contributed by atoms with Gasteiger partial charge in [-0.2, -0.15) is 0 Å². The molecule has 0 aliphatic carbocycles. The highest BCUT2D eigenvalue weighted by molar-refractivity contribution is 5.91. The van der Waals surface area contributed by atoms with E-state index in [1.54, 1.807) is 0 Å². The van der Waals surface area contributed by atoms with Gasteiger partial charge in [0, 0.05) is 18.3 Å². The van der Waals surface area contributed by atoms with E-state index < -0.39 is 35.9 Å². The molecule has 1 aromatic heterocycles. The van der Waals surface area contributed by atoms with Gasteiger partial charge in [-0.3, -0.25) is 9.59 Å². The van der Waals surface area contributed by atoms with Crippen LogP contribution < -0.4 is 27.8 Å². The number of carbonyl (C=O) groups is 3. The second-order valence-electron chi connectivity index (χ2n) is 6.92. The minimum absolute atomic E-state index is 0.127. The number of imidazole rings is 1. The summed E-state index contributed by atoms with van der Waals surface area (Å²) in [6.45, 7) is 0.959. The standard InChI is InChI=1S/C18H33N7O4/c19-7-3-1-5-13(21)16(26)25-15(9-12-10-22-11-23-12)17(27)24-14(18(28)29)6-2-4-8-20/h10-11,13-15H,1-9,19-21H2,(H,22,23)(H,24,27)(H,25,26)(H,28,29)/t13-,14-,15-/m0/s1. The zero-order valence-corrected chi connectivity index (χ0v) is 16.6. The summed E-state index contributed by atoms with van der Waals surface area (Å²) in [5.74, 6) is -2.21. The molecule has 0 bridgehead atoms. The zero-order chi connectivity index (χ0) is 21.6. The minimum atomic E-state index is -1.14. The molecule has 1 rings (SSSR count). The number of aliphatic carboxylic acids is 1. The molecule has 0 aliphatic rings. The van der Waals surface area contributed by atoms with Crippen LogP contribution in [-0.4, -0.2) is 64.1 Å². The summed E-state index contributed by atoms with van der Waals surface area (Å²) < 4.78 is 0. The van der Waals surface area contributed by atoms with Gasteiger partial charge in [0.15, 0.2) is 0 Å². The Balaban J connectivity index is 2.77. The highest BCUT2D eigenvalue weighted by atomic mass is 16.4. The summed E-state index contributed by atoms with van der Waals surface area (Å²) in [4.78, 5) is 43.4. The van der Waals surface area contributed by atoms with Gasteiger partial charge >= 0.3 is 5.97 Å². The summed E-state index contributed by atoms with van der Waals surface area (Å²) in [7, 11) is 0. The van der Waals surface area contributed by atoms with E-state index in [0.717, 1.165) is 6.42 Å². The van der Waals surface area contributed by atoms with Crippen molar-refractivity contribution in [2.45, 2.75) is 63.1 Å². The fourth-order valence-electron chi connectivity index (χ4n) is 2.77. The van der Waals surface area contributed by atoms with E-state index in [4.69, 9.17) is 17.2 Å². The van der Waals surface area contributed by atoms with Crippen LogP contribution >= 0.6 is 0 Å². The van der Waals surface area contributed by atoms with Gasteiger partial charge in [-0.25, -0.2) is 9.78 Å². The third-order valence-electron chi connectivity index (χ3n) is 4.48. The number of rotatable bonds is 15. The first kappa shape index (κ1) is 24.5. The maximum atomic E-state index is 12.7. The van der Waals surface area contributed by atoms with Crippen LogP contribution in [0.1, 0.15) is 44.2 Å². The van der Waals surface area contributed by atoms with Crippen molar-refractivity contribution in [1.29, 1.82) is 0 Å². The monoisotopic (exact) mass is 411 g/mol. The Kier molecular flexibility index (Phi) is 11.5. The van der Waals surface area contributed by atoms with Crippen LogP contribution in [0.4, 0.5) is 0 Å².